The first kappa shape index (κ1) is 20.1. The molecule has 2 heterocycles. The van der Waals surface area contributed by atoms with Crippen LogP contribution in [0.2, 0.25) is 0 Å². The standard InChI is InChI=1S/C20H26N6OS/c1-5-12(3)22-16(27)11-28-20-23-19-17(13(4)24-25-19)18(21)26(20)15-9-7-14(6-2)8-10-15/h7-10,12,21H,5-6,11H2,1-4H3,(H,22,27)(H,24,25)/t12-/m0/s1. The van der Waals surface area contributed by atoms with E-state index < -0.39 is 0 Å². The fourth-order valence-electron chi connectivity index (χ4n) is 2.89. The summed E-state index contributed by atoms with van der Waals surface area (Å²) < 4.78 is 1.78. The highest BCUT2D eigenvalue weighted by atomic mass is 32.2. The van der Waals surface area contributed by atoms with E-state index in [1.165, 1.54) is 17.3 Å². The molecule has 0 aliphatic heterocycles. The topological polar surface area (TPSA) is 99.4 Å². The molecule has 0 radical (unpaired) electrons. The summed E-state index contributed by atoms with van der Waals surface area (Å²) in [6, 6.07) is 8.22. The molecule has 1 aromatic carbocycles. The lowest BCUT2D eigenvalue weighted by Crippen LogP contribution is -2.33. The maximum atomic E-state index is 12.2. The van der Waals surface area contributed by atoms with Gasteiger partial charge in [0.25, 0.3) is 0 Å². The third-order valence-corrected chi connectivity index (χ3v) is 5.67. The lowest BCUT2D eigenvalue weighted by Gasteiger charge is -2.15. The number of fused-ring (bicyclic) bond motifs is 1. The predicted molar refractivity (Wildman–Crippen MR) is 112 cm³/mol. The molecule has 1 amide bonds. The molecule has 0 saturated carbocycles. The molecule has 148 valence electrons. The number of aromatic nitrogens is 4. The van der Waals surface area contributed by atoms with Crippen molar-refractivity contribution < 1.29 is 4.79 Å². The van der Waals surface area contributed by atoms with Crippen LogP contribution in [-0.4, -0.2) is 37.5 Å². The Bertz CT molecular complexity index is 1040. The van der Waals surface area contributed by atoms with Crippen LogP contribution in [0.15, 0.2) is 29.4 Å². The number of hydrogen-bond acceptors (Lipinski definition) is 5. The van der Waals surface area contributed by atoms with Gasteiger partial charge in [0.15, 0.2) is 10.8 Å². The van der Waals surface area contributed by atoms with Crippen molar-refractivity contribution in [2.45, 2.75) is 51.7 Å². The van der Waals surface area contributed by atoms with Crippen LogP contribution in [0.1, 0.15) is 38.4 Å². The Balaban J connectivity index is 2.02. The lowest BCUT2D eigenvalue weighted by atomic mass is 10.1. The van der Waals surface area contributed by atoms with E-state index in [2.05, 4.69) is 39.6 Å². The van der Waals surface area contributed by atoms with Gasteiger partial charge in [0.2, 0.25) is 5.91 Å². The van der Waals surface area contributed by atoms with Crippen LogP contribution in [0.4, 0.5) is 0 Å². The first-order valence-electron chi connectivity index (χ1n) is 9.48. The highest BCUT2D eigenvalue weighted by molar-refractivity contribution is 7.99. The zero-order valence-corrected chi connectivity index (χ0v) is 17.5. The van der Waals surface area contributed by atoms with Crippen molar-refractivity contribution in [1.29, 1.82) is 5.41 Å². The van der Waals surface area contributed by atoms with Gasteiger partial charge in [0, 0.05) is 17.4 Å². The second kappa shape index (κ2) is 8.60. The molecule has 0 bridgehead atoms. The number of rotatable bonds is 7. The summed E-state index contributed by atoms with van der Waals surface area (Å²) in [4.78, 5) is 16.9. The van der Waals surface area contributed by atoms with E-state index in [0.29, 0.717) is 21.7 Å². The summed E-state index contributed by atoms with van der Waals surface area (Å²) in [5.74, 6) is 0.192. The minimum absolute atomic E-state index is 0.0427. The van der Waals surface area contributed by atoms with Crippen molar-refractivity contribution in [2.75, 3.05) is 5.75 Å². The molecule has 0 aliphatic rings. The van der Waals surface area contributed by atoms with Gasteiger partial charge in [-0.15, -0.1) is 0 Å². The molecule has 8 heteroatoms. The number of benzene rings is 1. The number of carbonyl (C=O) groups is 1. The molecule has 7 nitrogen and oxygen atoms in total. The smallest absolute Gasteiger partial charge is 0.230 e. The maximum absolute atomic E-state index is 12.2. The van der Waals surface area contributed by atoms with Crippen LogP contribution in [-0.2, 0) is 11.2 Å². The van der Waals surface area contributed by atoms with Gasteiger partial charge in [-0.25, -0.2) is 4.98 Å². The van der Waals surface area contributed by atoms with Crippen LogP contribution >= 0.6 is 11.8 Å². The second-order valence-corrected chi connectivity index (χ2v) is 7.75. The normalized spacial score (nSPS) is 12.3. The Morgan fingerprint density at radius 3 is 2.68 bits per heavy atom. The number of nitrogens with one attached hydrogen (secondary N) is 3. The largest absolute Gasteiger partial charge is 0.353 e. The van der Waals surface area contributed by atoms with E-state index in [-0.39, 0.29) is 17.7 Å². The Hall–Kier alpha value is -2.61. The molecule has 0 aliphatic carbocycles. The van der Waals surface area contributed by atoms with Crippen LogP contribution in [0.25, 0.3) is 16.7 Å². The third kappa shape index (κ3) is 4.11. The molecule has 1 atom stereocenters. The van der Waals surface area contributed by atoms with Gasteiger partial charge in [-0.05, 0) is 44.4 Å². The van der Waals surface area contributed by atoms with Gasteiger partial charge in [0.05, 0.1) is 11.1 Å². The number of H-pyrrole nitrogens is 1. The molecule has 2 aromatic heterocycles. The van der Waals surface area contributed by atoms with E-state index >= 15 is 0 Å². The van der Waals surface area contributed by atoms with Gasteiger partial charge in [-0.2, -0.15) is 5.10 Å². The molecule has 0 saturated heterocycles. The van der Waals surface area contributed by atoms with E-state index in [1.807, 2.05) is 32.9 Å². The van der Waals surface area contributed by atoms with E-state index in [1.54, 1.807) is 4.57 Å². The van der Waals surface area contributed by atoms with Gasteiger partial charge >= 0.3 is 0 Å². The number of amides is 1. The summed E-state index contributed by atoms with van der Waals surface area (Å²) in [7, 11) is 0. The fourth-order valence-corrected chi connectivity index (χ4v) is 3.71. The second-order valence-electron chi connectivity index (χ2n) is 6.81. The minimum atomic E-state index is -0.0427. The number of hydrogen-bond donors (Lipinski definition) is 3. The summed E-state index contributed by atoms with van der Waals surface area (Å²) in [5, 5.41) is 20.1. The zero-order valence-electron chi connectivity index (χ0n) is 16.7. The molecule has 0 unspecified atom stereocenters. The van der Waals surface area contributed by atoms with Gasteiger partial charge in [0.1, 0.15) is 5.49 Å². The molecule has 0 fully saturated rings. The Kier molecular flexibility index (Phi) is 6.18. The van der Waals surface area contributed by atoms with Crippen molar-refractivity contribution in [2.24, 2.45) is 0 Å². The first-order valence-corrected chi connectivity index (χ1v) is 10.5. The Labute approximate surface area is 168 Å². The van der Waals surface area contributed by atoms with Gasteiger partial charge < -0.3 is 5.32 Å². The zero-order chi connectivity index (χ0) is 20.3. The van der Waals surface area contributed by atoms with Crippen LogP contribution in [0.5, 0.6) is 0 Å². The summed E-state index contributed by atoms with van der Waals surface area (Å²) in [6.45, 7) is 8.01. The van der Waals surface area contributed by atoms with Crippen LogP contribution in [0.3, 0.4) is 0 Å². The SMILES string of the molecule is CCc1ccc(-n2c(SCC(=O)N[C@@H](C)CC)nc3n[nH]c(C)c3c2=N)cc1. The minimum Gasteiger partial charge on any atom is -0.353 e. The number of thioether (sulfide) groups is 1. The predicted octanol–water partition coefficient (Wildman–Crippen LogP) is 3.11. The lowest BCUT2D eigenvalue weighted by molar-refractivity contribution is -0.119. The average molecular weight is 399 g/mol. The molecular weight excluding hydrogens is 372 g/mol. The van der Waals surface area contributed by atoms with Crippen molar-refractivity contribution in [1.82, 2.24) is 25.1 Å². The van der Waals surface area contributed by atoms with Crippen molar-refractivity contribution in [3.8, 4) is 5.69 Å². The Morgan fingerprint density at radius 2 is 2.04 bits per heavy atom. The van der Waals surface area contributed by atoms with E-state index in [0.717, 1.165) is 24.2 Å². The van der Waals surface area contributed by atoms with E-state index in [9.17, 15) is 4.79 Å². The summed E-state index contributed by atoms with van der Waals surface area (Å²) >= 11 is 1.32. The van der Waals surface area contributed by atoms with Crippen LogP contribution in [0, 0.1) is 12.3 Å². The highest BCUT2D eigenvalue weighted by Gasteiger charge is 2.16. The molecular formula is C20H26N6OS. The molecule has 0 spiro atoms. The number of aromatic amines is 1. The monoisotopic (exact) mass is 398 g/mol. The molecule has 3 aromatic rings. The van der Waals surface area contributed by atoms with Crippen molar-refractivity contribution >= 4 is 28.7 Å². The average Bonchev–Trinajstić information content (AvgIpc) is 3.07. The van der Waals surface area contributed by atoms with Crippen molar-refractivity contribution in [3.63, 3.8) is 0 Å². The maximum Gasteiger partial charge on any atom is 0.230 e. The molecule has 3 rings (SSSR count). The van der Waals surface area contributed by atoms with E-state index in [4.69, 9.17) is 5.41 Å². The fraction of sp³-hybridized carbons (Fsp3) is 0.400. The number of aryl methyl sites for hydroxylation is 2. The highest BCUT2D eigenvalue weighted by Crippen LogP contribution is 2.22. The molecule has 28 heavy (non-hydrogen) atoms. The van der Waals surface area contributed by atoms with Crippen LogP contribution < -0.4 is 10.8 Å². The summed E-state index contributed by atoms with van der Waals surface area (Å²) in [5.41, 5.74) is 3.69. The third-order valence-electron chi connectivity index (χ3n) is 4.74. The Morgan fingerprint density at radius 1 is 1.32 bits per heavy atom. The van der Waals surface area contributed by atoms with Gasteiger partial charge in [-0.3, -0.25) is 19.9 Å². The first-order chi connectivity index (χ1) is 13.4. The molecule has 3 N–H and O–H groups in total. The number of carbonyl (C=O) groups excluding carboxylic acids is 1. The number of nitrogens with zero attached hydrogens (tertiary/aromatic N) is 3. The van der Waals surface area contributed by atoms with Gasteiger partial charge in [-0.1, -0.05) is 37.7 Å². The van der Waals surface area contributed by atoms with Crippen molar-refractivity contribution in [3.05, 3.63) is 41.0 Å². The summed E-state index contributed by atoms with van der Waals surface area (Å²) in [6.07, 6.45) is 1.84. The quantitative estimate of drug-likeness (QED) is 0.421.